The summed E-state index contributed by atoms with van der Waals surface area (Å²) in [6.45, 7) is 2.09. The Morgan fingerprint density at radius 2 is 0.777 bits per heavy atom. The summed E-state index contributed by atoms with van der Waals surface area (Å²) in [5.41, 5.74) is 4.88. The molecule has 6 heterocycles. The number of nitriles is 3. The lowest BCUT2D eigenvalue weighted by molar-refractivity contribution is -0.435. The normalized spacial score (nSPS) is 32.9. The smallest absolute Gasteiger partial charge is 0.264 e. The molecule has 6 fully saturated rings. The molecule has 0 aromatic heterocycles. The van der Waals surface area contributed by atoms with E-state index >= 15 is 0 Å². The minimum Gasteiger partial charge on any atom is -0.387 e. The second-order valence-electron chi connectivity index (χ2n) is 24.1. The first-order valence-electron chi connectivity index (χ1n) is 31.8. The Bertz CT molecular complexity index is 3570. The number of unbranched alkanes of at least 4 members (excludes halogenated alkanes) is 3. The molecular weight excluding hydrogens is 1540 g/mol. The standard InChI is InChI=1S/C72H74I3N3O16/c1-2-3-4-20-33-80-67-65(82-38-47-23-10-6-11-24-47)63(60-56(87-67)41-85-71(44-77,93-60)35-50-28-15-18-31-53(50)74)91-69-66(83-39-48-25-12-7-13-26-48)64(61-57(89-69)42-86-72(45-78,94-61)36-51-29-16-19-32-54(51)75)90-68-62(81-37-46-21-8-5-9-22-46)58(79)59-55(88-68)40-84-70(43-76,92-59)34-49-27-14-17-30-52(49)73/h5-19,21-32,55-69,79H,2-4,20,33-42H2,1H3/t55-,56-,57-,58+,59-,60-,61-,62+,63+,64+,65+,66+,67-,68+,69+,70?,71?,72?/m1/s1. The SMILES string of the molecule is CCCCCCO[C@@H]1O[C@@H]2COC(C#N)(Cc3ccccc3I)O[C@H]2[C@H](O[C@@H]2O[C@@H]3COC(C#N)(Cc4ccccc4I)O[C@H]3[C@H](O[C@@H]3O[C@@H]4COC(C#N)(Cc5ccccc5I)O[C@H]4[C@H](O)[C@@H]3OCc3ccccc3)[C@@H]2OCc2ccccc2)[C@@H]1OCc1ccccc1. The van der Waals surface area contributed by atoms with Crippen LogP contribution in [0.15, 0.2) is 164 Å². The molecule has 0 spiro atoms. The number of aliphatic hydroxyl groups excluding tert-OH is 1. The third kappa shape index (κ3) is 16.4. The van der Waals surface area contributed by atoms with Crippen LogP contribution in [-0.4, -0.2) is 141 Å². The molecule has 19 nitrogen and oxygen atoms in total. The van der Waals surface area contributed by atoms with Crippen LogP contribution in [0.1, 0.15) is 66.0 Å². The molecule has 0 amide bonds. The summed E-state index contributed by atoms with van der Waals surface area (Å²) in [6, 6.07) is 58.8. The van der Waals surface area contributed by atoms with Gasteiger partial charge in [0.15, 0.2) is 18.9 Å². The Hall–Kier alpha value is -4.66. The van der Waals surface area contributed by atoms with Crippen LogP contribution in [-0.2, 0) is 110 Å². The van der Waals surface area contributed by atoms with Gasteiger partial charge in [0.05, 0.1) is 39.6 Å². The van der Waals surface area contributed by atoms with Crippen LogP contribution in [0.4, 0.5) is 0 Å². The fourth-order valence-corrected chi connectivity index (χ4v) is 14.4. The Kier molecular flexibility index (Phi) is 23.8. The van der Waals surface area contributed by atoms with Crippen LogP contribution < -0.4 is 0 Å². The fraction of sp³-hybridized carbons (Fsp3) is 0.458. The zero-order valence-corrected chi connectivity index (χ0v) is 58.2. The maximum absolute atomic E-state index is 13.0. The van der Waals surface area contributed by atoms with Crippen molar-refractivity contribution in [3.8, 4) is 18.2 Å². The second-order valence-corrected chi connectivity index (χ2v) is 27.6. The zero-order valence-electron chi connectivity index (χ0n) is 51.7. The predicted octanol–water partition coefficient (Wildman–Crippen LogP) is 11.1. The maximum atomic E-state index is 13.0. The predicted molar refractivity (Wildman–Crippen MR) is 363 cm³/mol. The van der Waals surface area contributed by atoms with Gasteiger partial charge in [-0.2, -0.15) is 15.8 Å². The van der Waals surface area contributed by atoms with Crippen LogP contribution in [0.25, 0.3) is 0 Å². The fourth-order valence-electron chi connectivity index (χ4n) is 12.7. The Balaban J connectivity index is 0.957. The minimum atomic E-state index is -1.90. The van der Waals surface area contributed by atoms with E-state index in [1.807, 2.05) is 164 Å². The molecule has 0 bridgehead atoms. The van der Waals surface area contributed by atoms with E-state index < -0.39 is 109 Å². The third-order valence-corrected chi connectivity index (χ3v) is 20.8. The number of halogens is 3. The summed E-state index contributed by atoms with van der Waals surface area (Å²) >= 11 is 6.69. The summed E-state index contributed by atoms with van der Waals surface area (Å²) in [7, 11) is 0. The molecule has 1 N–H and O–H groups in total. The van der Waals surface area contributed by atoms with Crippen molar-refractivity contribution in [1.82, 2.24) is 0 Å². The summed E-state index contributed by atoms with van der Waals surface area (Å²) < 4.78 is 107. The van der Waals surface area contributed by atoms with Crippen molar-refractivity contribution in [2.75, 3.05) is 26.4 Å². The molecule has 6 aromatic rings. The van der Waals surface area contributed by atoms with Crippen LogP contribution in [0.2, 0.25) is 0 Å². The van der Waals surface area contributed by atoms with E-state index in [0.717, 1.165) is 69.8 Å². The molecule has 94 heavy (non-hydrogen) atoms. The first kappa shape index (κ1) is 69.2. The minimum absolute atomic E-state index is 0.00177. The number of ether oxygens (including phenoxy) is 15. The van der Waals surface area contributed by atoms with E-state index in [4.69, 9.17) is 71.1 Å². The van der Waals surface area contributed by atoms with E-state index in [1.165, 1.54) is 0 Å². The van der Waals surface area contributed by atoms with Gasteiger partial charge in [0.2, 0.25) is 0 Å². The molecular formula is C72H74I3N3O16. The molecule has 0 saturated carbocycles. The van der Waals surface area contributed by atoms with Crippen molar-refractivity contribution in [2.24, 2.45) is 0 Å². The third-order valence-electron chi connectivity index (χ3n) is 17.6. The Labute approximate surface area is 588 Å². The summed E-state index contributed by atoms with van der Waals surface area (Å²) in [4.78, 5) is 0. The van der Waals surface area contributed by atoms with Crippen molar-refractivity contribution in [3.05, 3.63) is 208 Å². The molecule has 3 unspecified atom stereocenters. The van der Waals surface area contributed by atoms with E-state index in [0.29, 0.717) is 6.61 Å². The van der Waals surface area contributed by atoms with Crippen molar-refractivity contribution in [2.45, 2.75) is 181 Å². The Morgan fingerprint density at radius 3 is 1.18 bits per heavy atom. The van der Waals surface area contributed by atoms with Gasteiger partial charge in [-0.15, -0.1) is 0 Å². The average molecular weight is 1620 g/mol. The van der Waals surface area contributed by atoms with Crippen LogP contribution in [0.3, 0.4) is 0 Å². The second kappa shape index (κ2) is 32.3. The van der Waals surface area contributed by atoms with Gasteiger partial charge in [-0.25, -0.2) is 0 Å². The van der Waals surface area contributed by atoms with Crippen molar-refractivity contribution in [3.63, 3.8) is 0 Å². The number of hydrogen-bond acceptors (Lipinski definition) is 19. The topological polar surface area (TPSA) is 230 Å². The van der Waals surface area contributed by atoms with Crippen LogP contribution in [0.5, 0.6) is 0 Å². The first-order valence-corrected chi connectivity index (χ1v) is 35.1. The van der Waals surface area contributed by atoms with Gasteiger partial charge in [-0.1, -0.05) is 172 Å². The van der Waals surface area contributed by atoms with Crippen LogP contribution in [0, 0.1) is 44.7 Å². The van der Waals surface area contributed by atoms with E-state index in [1.54, 1.807) is 0 Å². The van der Waals surface area contributed by atoms with Gasteiger partial charge in [0.25, 0.3) is 17.4 Å². The lowest BCUT2D eigenvalue weighted by Gasteiger charge is -2.55. The summed E-state index contributed by atoms with van der Waals surface area (Å²) in [6.07, 6.45) is -14.1. The highest BCUT2D eigenvalue weighted by molar-refractivity contribution is 14.1. The van der Waals surface area contributed by atoms with E-state index in [9.17, 15) is 20.9 Å². The van der Waals surface area contributed by atoms with Crippen molar-refractivity contribution < 1.29 is 76.2 Å². The van der Waals surface area contributed by atoms with E-state index in [-0.39, 0.29) is 58.9 Å². The number of aliphatic hydroxyl groups is 1. The zero-order chi connectivity index (χ0) is 65.1. The molecule has 6 aliphatic rings. The number of hydrogen-bond donors (Lipinski definition) is 1. The molecule has 6 saturated heterocycles. The first-order chi connectivity index (χ1) is 45.9. The number of fused-ring (bicyclic) bond motifs is 3. The summed E-state index contributed by atoms with van der Waals surface area (Å²) in [5.74, 6) is -5.53. The van der Waals surface area contributed by atoms with Gasteiger partial charge in [-0.3, -0.25) is 0 Å². The van der Waals surface area contributed by atoms with Gasteiger partial charge in [0, 0.05) is 36.6 Å². The molecule has 22 heteroatoms. The highest BCUT2D eigenvalue weighted by Crippen LogP contribution is 2.45. The lowest BCUT2D eigenvalue weighted by atomic mass is 9.93. The largest absolute Gasteiger partial charge is 0.387 e. The quantitative estimate of drug-likeness (QED) is 0.0415. The molecule has 6 aromatic carbocycles. The highest BCUT2D eigenvalue weighted by Gasteiger charge is 2.62. The molecule has 0 radical (unpaired) electrons. The number of nitrogens with zero attached hydrogens (tertiary/aromatic N) is 3. The summed E-state index contributed by atoms with van der Waals surface area (Å²) in [5, 5.41) is 46.4. The van der Waals surface area contributed by atoms with Gasteiger partial charge >= 0.3 is 0 Å². The average Bonchev–Trinajstić information content (AvgIpc) is 0.759. The molecule has 12 rings (SSSR count). The van der Waals surface area contributed by atoms with Gasteiger partial charge in [-0.05, 0) is 126 Å². The van der Waals surface area contributed by atoms with E-state index in [2.05, 4.69) is 92.9 Å². The highest BCUT2D eigenvalue weighted by atomic mass is 127. The molecule has 494 valence electrons. The Morgan fingerprint density at radius 1 is 0.426 bits per heavy atom. The maximum Gasteiger partial charge on any atom is 0.264 e. The number of benzene rings is 6. The van der Waals surface area contributed by atoms with Gasteiger partial charge < -0.3 is 76.2 Å². The lowest BCUT2D eigenvalue weighted by Crippen LogP contribution is -2.72. The number of rotatable bonds is 25. The van der Waals surface area contributed by atoms with Gasteiger partial charge in [0.1, 0.15) is 91.5 Å². The van der Waals surface area contributed by atoms with Crippen molar-refractivity contribution >= 4 is 67.8 Å². The monoisotopic (exact) mass is 1620 g/mol. The molecule has 0 aliphatic carbocycles. The van der Waals surface area contributed by atoms with Crippen molar-refractivity contribution in [1.29, 1.82) is 15.8 Å². The molecule has 6 aliphatic heterocycles. The molecule has 18 atom stereocenters. The van der Waals surface area contributed by atoms with Crippen LogP contribution >= 0.6 is 67.8 Å².